The number of carbonyl (C=O) groups excluding carboxylic acids is 1. The predicted octanol–water partition coefficient (Wildman–Crippen LogP) is 1.01. The molecular weight excluding hydrogens is 278 g/mol. The van der Waals surface area contributed by atoms with Crippen molar-refractivity contribution in [1.29, 1.82) is 0 Å². The Kier molecular flexibility index (Phi) is 5.48. The first-order valence-electron chi connectivity index (χ1n) is 6.22. The fourth-order valence-corrected chi connectivity index (χ4v) is 1.76. The first-order chi connectivity index (χ1) is 9.90. The molecule has 1 aromatic heterocycles. The summed E-state index contributed by atoms with van der Waals surface area (Å²) < 4.78 is 1.42. The van der Waals surface area contributed by atoms with Gasteiger partial charge in [0.15, 0.2) is 0 Å². The number of hydrogen-bond acceptors (Lipinski definition) is 4. The average Bonchev–Trinajstić information content (AvgIpc) is 2.82. The number of carboxylic acids is 1. The number of carbonyl (C=O) groups is 2. The number of rotatable bonds is 7. The highest BCUT2D eigenvalue weighted by atomic mass is 16.6. The van der Waals surface area contributed by atoms with Gasteiger partial charge in [-0.25, -0.2) is 4.79 Å². The highest BCUT2D eigenvalue weighted by Crippen LogP contribution is 2.17. The lowest BCUT2D eigenvalue weighted by atomic mass is 10.2. The summed E-state index contributed by atoms with van der Waals surface area (Å²) in [5.74, 6) is 0.190. The molecule has 0 aromatic carbocycles. The van der Waals surface area contributed by atoms with E-state index in [1.165, 1.54) is 10.8 Å². The number of aliphatic carboxylic acids is 1. The molecule has 1 unspecified atom stereocenters. The summed E-state index contributed by atoms with van der Waals surface area (Å²) in [7, 11) is 0. The Hall–Kier alpha value is -2.82. The summed E-state index contributed by atoms with van der Waals surface area (Å²) >= 11 is 0. The minimum Gasteiger partial charge on any atom is -0.480 e. The van der Waals surface area contributed by atoms with Crippen molar-refractivity contribution in [3.8, 4) is 12.3 Å². The zero-order valence-corrected chi connectivity index (χ0v) is 11.4. The molecule has 0 spiro atoms. The molecule has 1 amide bonds. The lowest BCUT2D eigenvalue weighted by molar-refractivity contribution is -0.384. The summed E-state index contributed by atoms with van der Waals surface area (Å²) in [6, 6.07) is -0.119. The van der Waals surface area contributed by atoms with Gasteiger partial charge in [0.2, 0.25) is 0 Å². The van der Waals surface area contributed by atoms with Crippen molar-refractivity contribution in [1.82, 2.24) is 9.88 Å². The fourth-order valence-electron chi connectivity index (χ4n) is 1.76. The van der Waals surface area contributed by atoms with E-state index in [1.54, 1.807) is 0 Å². The molecule has 1 rings (SSSR count). The molecule has 1 atom stereocenters. The normalized spacial score (nSPS) is 11.4. The van der Waals surface area contributed by atoms with E-state index in [1.807, 2.05) is 6.92 Å². The van der Waals surface area contributed by atoms with Crippen LogP contribution in [-0.4, -0.2) is 32.5 Å². The summed E-state index contributed by atoms with van der Waals surface area (Å²) in [5.41, 5.74) is -0.191. The van der Waals surface area contributed by atoms with Crippen LogP contribution in [0, 0.1) is 22.5 Å². The van der Waals surface area contributed by atoms with E-state index in [-0.39, 0.29) is 17.8 Å². The SMILES string of the molecule is C#CCC(NC(=O)c1cc([N+](=O)[O-])cn1CCC)C(=O)O. The standard InChI is InChI=1S/C13H15N3O5/c1-3-5-10(13(18)19)14-12(17)11-7-9(16(20)21)8-15(11)6-4-2/h1,7-8,10H,4-6H2,2H3,(H,14,17)(H,18,19). The first-order valence-corrected chi connectivity index (χ1v) is 6.22. The number of nitrogens with zero attached hydrogens (tertiary/aromatic N) is 2. The molecule has 0 radical (unpaired) electrons. The fraction of sp³-hybridized carbons (Fsp3) is 0.385. The van der Waals surface area contributed by atoms with E-state index < -0.39 is 22.8 Å². The van der Waals surface area contributed by atoms with Crippen LogP contribution in [0.25, 0.3) is 0 Å². The van der Waals surface area contributed by atoms with Crippen molar-refractivity contribution in [3.05, 3.63) is 28.1 Å². The van der Waals surface area contributed by atoms with Gasteiger partial charge in [0, 0.05) is 19.0 Å². The summed E-state index contributed by atoms with van der Waals surface area (Å²) in [4.78, 5) is 33.2. The Morgan fingerprint density at radius 3 is 2.76 bits per heavy atom. The minimum absolute atomic E-state index is 0.0341. The molecule has 0 saturated heterocycles. The minimum atomic E-state index is -1.26. The quantitative estimate of drug-likeness (QED) is 0.442. The molecule has 0 aliphatic heterocycles. The number of hydrogen-bond donors (Lipinski definition) is 2. The number of terminal acetylenes is 1. The van der Waals surface area contributed by atoms with Gasteiger partial charge >= 0.3 is 5.97 Å². The third kappa shape index (κ3) is 4.07. The number of aryl methyl sites for hydroxylation is 1. The first kappa shape index (κ1) is 16.2. The van der Waals surface area contributed by atoms with Crippen LogP contribution in [0.15, 0.2) is 12.3 Å². The van der Waals surface area contributed by atoms with Gasteiger partial charge in [-0.3, -0.25) is 14.9 Å². The van der Waals surface area contributed by atoms with Crippen LogP contribution in [0.3, 0.4) is 0 Å². The van der Waals surface area contributed by atoms with E-state index in [4.69, 9.17) is 11.5 Å². The molecule has 0 fully saturated rings. The van der Waals surface area contributed by atoms with Gasteiger partial charge in [0.05, 0.1) is 11.1 Å². The molecule has 112 valence electrons. The van der Waals surface area contributed by atoms with E-state index in [9.17, 15) is 19.7 Å². The smallest absolute Gasteiger partial charge is 0.327 e. The average molecular weight is 293 g/mol. The maximum atomic E-state index is 12.1. The lowest BCUT2D eigenvalue weighted by Gasteiger charge is -2.12. The number of amides is 1. The molecule has 8 heteroatoms. The van der Waals surface area contributed by atoms with Crippen LogP contribution in [0.1, 0.15) is 30.3 Å². The largest absolute Gasteiger partial charge is 0.480 e. The second kappa shape index (κ2) is 7.09. The molecular formula is C13H15N3O5. The van der Waals surface area contributed by atoms with Gasteiger partial charge < -0.3 is 15.0 Å². The Balaban J connectivity index is 3.02. The molecule has 8 nitrogen and oxygen atoms in total. The van der Waals surface area contributed by atoms with Gasteiger partial charge in [-0.2, -0.15) is 0 Å². The highest BCUT2D eigenvalue weighted by Gasteiger charge is 2.24. The number of aromatic nitrogens is 1. The molecule has 1 heterocycles. The number of carboxylic acid groups (broad SMARTS) is 1. The number of nitro groups is 1. The highest BCUT2D eigenvalue weighted by molar-refractivity contribution is 5.96. The predicted molar refractivity (Wildman–Crippen MR) is 73.7 cm³/mol. The zero-order chi connectivity index (χ0) is 16.0. The summed E-state index contributed by atoms with van der Waals surface area (Å²) in [6.07, 6.45) is 6.79. The second-order valence-corrected chi connectivity index (χ2v) is 4.31. The topological polar surface area (TPSA) is 114 Å². The summed E-state index contributed by atoms with van der Waals surface area (Å²) in [5, 5.41) is 22.0. The van der Waals surface area contributed by atoms with Gasteiger partial charge in [-0.1, -0.05) is 6.92 Å². The van der Waals surface area contributed by atoms with Crippen LogP contribution in [-0.2, 0) is 11.3 Å². The maximum Gasteiger partial charge on any atom is 0.327 e. The van der Waals surface area contributed by atoms with E-state index in [0.29, 0.717) is 13.0 Å². The molecule has 1 aromatic rings. The van der Waals surface area contributed by atoms with Crippen molar-refractivity contribution >= 4 is 17.6 Å². The molecule has 2 N–H and O–H groups in total. The number of nitrogens with one attached hydrogen (secondary N) is 1. The van der Waals surface area contributed by atoms with Crippen LogP contribution >= 0.6 is 0 Å². The van der Waals surface area contributed by atoms with Gasteiger partial charge in [0.1, 0.15) is 11.7 Å². The molecule has 0 saturated carbocycles. The zero-order valence-electron chi connectivity index (χ0n) is 11.4. The van der Waals surface area contributed by atoms with Gasteiger partial charge in [-0.15, -0.1) is 12.3 Å². The van der Waals surface area contributed by atoms with Crippen LogP contribution in [0.2, 0.25) is 0 Å². The van der Waals surface area contributed by atoms with Crippen molar-refractivity contribution in [2.75, 3.05) is 0 Å². The Labute approximate surface area is 120 Å². The van der Waals surface area contributed by atoms with Gasteiger partial charge in [0.25, 0.3) is 11.6 Å². The van der Waals surface area contributed by atoms with Crippen molar-refractivity contribution < 1.29 is 19.6 Å². The third-order valence-electron chi connectivity index (χ3n) is 2.72. The van der Waals surface area contributed by atoms with Crippen LogP contribution in [0.4, 0.5) is 5.69 Å². The van der Waals surface area contributed by atoms with Crippen molar-refractivity contribution in [3.63, 3.8) is 0 Å². The summed E-state index contributed by atoms with van der Waals surface area (Å²) in [6.45, 7) is 2.26. The Morgan fingerprint density at radius 1 is 1.62 bits per heavy atom. The lowest BCUT2D eigenvalue weighted by Crippen LogP contribution is -2.41. The van der Waals surface area contributed by atoms with Crippen molar-refractivity contribution in [2.24, 2.45) is 0 Å². The van der Waals surface area contributed by atoms with Crippen molar-refractivity contribution in [2.45, 2.75) is 32.4 Å². The van der Waals surface area contributed by atoms with Crippen LogP contribution in [0.5, 0.6) is 0 Å². The van der Waals surface area contributed by atoms with Gasteiger partial charge in [-0.05, 0) is 6.42 Å². The monoisotopic (exact) mass is 293 g/mol. The van der Waals surface area contributed by atoms with E-state index >= 15 is 0 Å². The molecule has 0 aliphatic carbocycles. The molecule has 0 aliphatic rings. The third-order valence-corrected chi connectivity index (χ3v) is 2.72. The molecule has 21 heavy (non-hydrogen) atoms. The van der Waals surface area contributed by atoms with E-state index in [2.05, 4.69) is 11.2 Å². The van der Waals surface area contributed by atoms with Crippen LogP contribution < -0.4 is 5.32 Å². The Morgan fingerprint density at radius 2 is 2.29 bits per heavy atom. The second-order valence-electron chi connectivity index (χ2n) is 4.31. The maximum absolute atomic E-state index is 12.1. The van der Waals surface area contributed by atoms with E-state index in [0.717, 1.165) is 6.07 Å². The Bertz CT molecular complexity index is 599. The molecule has 0 bridgehead atoms.